The van der Waals surface area contributed by atoms with Crippen molar-refractivity contribution in [3.8, 4) is 28.4 Å². The van der Waals surface area contributed by atoms with Gasteiger partial charge in [0.05, 0.1) is 6.61 Å². The number of nitrogens with zero attached hydrogens (tertiary/aromatic N) is 3. The first-order chi connectivity index (χ1) is 12.7. The van der Waals surface area contributed by atoms with Crippen LogP contribution in [0.5, 0.6) is 5.88 Å². The van der Waals surface area contributed by atoms with Crippen molar-refractivity contribution in [1.29, 1.82) is 0 Å². The maximum atomic E-state index is 12.6. The molecule has 0 aliphatic rings. The number of ether oxygens (including phenoxy) is 1. The zero-order chi connectivity index (χ0) is 19.6. The summed E-state index contributed by atoms with van der Waals surface area (Å²) in [5.41, 5.74) is 3.30. The summed E-state index contributed by atoms with van der Waals surface area (Å²) in [5, 5.41) is 5.55. The molecule has 5 nitrogen and oxygen atoms in total. The molecule has 0 atom stereocenters. The highest BCUT2D eigenvalue weighted by Gasteiger charge is 2.35. The minimum Gasteiger partial charge on any atom is -0.477 e. The van der Waals surface area contributed by atoms with Crippen molar-refractivity contribution in [3.05, 3.63) is 47.9 Å². The number of nitrogens with one attached hydrogen (secondary N) is 1. The standard InChI is InChI=1S/C19H19F3N4O/c1-11(2)10-27-16-8-12(3)15(9-23-16)13-4-6-14(7-5-13)17-24-18(26-25-17)19(20,21)22/h4-9,11H,10H2,1-3H3,(H,24,25,26). The van der Waals surface area contributed by atoms with Gasteiger partial charge in [0, 0.05) is 23.4 Å². The van der Waals surface area contributed by atoms with Crippen LogP contribution in [0.25, 0.3) is 22.5 Å². The van der Waals surface area contributed by atoms with Crippen molar-refractivity contribution in [3.63, 3.8) is 0 Å². The van der Waals surface area contributed by atoms with Crippen LogP contribution in [0, 0.1) is 12.8 Å². The highest BCUT2D eigenvalue weighted by Crippen LogP contribution is 2.29. The highest BCUT2D eigenvalue weighted by atomic mass is 19.4. The Morgan fingerprint density at radius 3 is 2.33 bits per heavy atom. The zero-order valence-electron chi connectivity index (χ0n) is 15.1. The number of alkyl halides is 3. The van der Waals surface area contributed by atoms with Crippen molar-refractivity contribution < 1.29 is 17.9 Å². The number of aryl methyl sites for hydroxylation is 1. The van der Waals surface area contributed by atoms with Gasteiger partial charge in [0.1, 0.15) is 0 Å². The Labute approximate surface area is 154 Å². The largest absolute Gasteiger partial charge is 0.477 e. The van der Waals surface area contributed by atoms with E-state index in [-0.39, 0.29) is 5.82 Å². The normalized spacial score (nSPS) is 11.8. The number of aromatic nitrogens is 4. The van der Waals surface area contributed by atoms with Gasteiger partial charge in [0.15, 0.2) is 5.82 Å². The molecule has 142 valence electrons. The van der Waals surface area contributed by atoms with Crippen LogP contribution < -0.4 is 4.74 Å². The first kappa shape index (κ1) is 18.9. The molecule has 0 saturated heterocycles. The third-order valence-electron chi connectivity index (χ3n) is 3.86. The van der Waals surface area contributed by atoms with Crippen LogP contribution in [-0.4, -0.2) is 26.8 Å². The summed E-state index contributed by atoms with van der Waals surface area (Å²) in [4.78, 5) is 7.82. The van der Waals surface area contributed by atoms with E-state index >= 15 is 0 Å². The van der Waals surface area contributed by atoms with Gasteiger partial charge in [-0.1, -0.05) is 38.1 Å². The van der Waals surface area contributed by atoms with Gasteiger partial charge in [-0.2, -0.15) is 18.3 Å². The van der Waals surface area contributed by atoms with Crippen molar-refractivity contribution in [2.75, 3.05) is 6.61 Å². The van der Waals surface area contributed by atoms with E-state index in [1.165, 1.54) is 0 Å². The minimum absolute atomic E-state index is 0.00107. The molecule has 1 aromatic carbocycles. The Hall–Kier alpha value is -2.90. The molecule has 8 heteroatoms. The molecular weight excluding hydrogens is 357 g/mol. The average molecular weight is 376 g/mol. The van der Waals surface area contributed by atoms with Crippen molar-refractivity contribution >= 4 is 0 Å². The number of aromatic amines is 1. The fraction of sp³-hybridized carbons (Fsp3) is 0.316. The quantitative estimate of drug-likeness (QED) is 0.688. The number of hydrogen-bond donors (Lipinski definition) is 1. The molecule has 2 aromatic heterocycles. The Kier molecular flexibility index (Phi) is 5.16. The SMILES string of the molecule is Cc1cc(OCC(C)C)ncc1-c1ccc(-c2n[nH]c(C(F)(F)F)n2)cc1. The van der Waals surface area contributed by atoms with E-state index in [9.17, 15) is 13.2 Å². The van der Waals surface area contributed by atoms with Crippen LogP contribution in [0.3, 0.4) is 0 Å². The molecule has 0 amide bonds. The number of halogens is 3. The van der Waals surface area contributed by atoms with Crippen molar-refractivity contribution in [2.24, 2.45) is 5.92 Å². The summed E-state index contributed by atoms with van der Waals surface area (Å²) in [5.74, 6) is -0.130. The number of rotatable bonds is 5. The predicted octanol–water partition coefficient (Wildman–Crippen LogP) is 4.90. The van der Waals surface area contributed by atoms with E-state index in [0.717, 1.165) is 16.7 Å². The number of H-pyrrole nitrogens is 1. The molecule has 0 aliphatic heterocycles. The van der Waals surface area contributed by atoms with E-state index in [0.29, 0.717) is 24.0 Å². The van der Waals surface area contributed by atoms with Crippen LogP contribution in [0.1, 0.15) is 25.2 Å². The van der Waals surface area contributed by atoms with Crippen molar-refractivity contribution in [2.45, 2.75) is 26.9 Å². The molecule has 0 aliphatic carbocycles. The number of hydrogen-bond acceptors (Lipinski definition) is 4. The first-order valence-corrected chi connectivity index (χ1v) is 8.44. The van der Waals surface area contributed by atoms with Gasteiger partial charge >= 0.3 is 6.18 Å². The van der Waals surface area contributed by atoms with Crippen LogP contribution in [0.2, 0.25) is 0 Å². The minimum atomic E-state index is -4.55. The number of benzene rings is 1. The first-order valence-electron chi connectivity index (χ1n) is 8.44. The third kappa shape index (κ3) is 4.45. The second kappa shape index (κ2) is 7.38. The lowest BCUT2D eigenvalue weighted by Crippen LogP contribution is -2.07. The topological polar surface area (TPSA) is 63.7 Å². The van der Waals surface area contributed by atoms with Crippen LogP contribution >= 0.6 is 0 Å². The summed E-state index contributed by atoms with van der Waals surface area (Å²) in [7, 11) is 0. The highest BCUT2D eigenvalue weighted by molar-refractivity contribution is 5.69. The second-order valence-corrected chi connectivity index (χ2v) is 6.63. The van der Waals surface area contributed by atoms with Gasteiger partial charge in [-0.25, -0.2) is 9.97 Å². The molecule has 0 radical (unpaired) electrons. The molecule has 27 heavy (non-hydrogen) atoms. The van der Waals surface area contributed by atoms with Crippen LogP contribution in [0.15, 0.2) is 36.5 Å². The van der Waals surface area contributed by atoms with Gasteiger partial charge in [-0.05, 0) is 24.0 Å². The Bertz CT molecular complexity index is 917. The van der Waals surface area contributed by atoms with E-state index < -0.39 is 12.0 Å². The van der Waals surface area contributed by atoms with Gasteiger partial charge in [-0.3, -0.25) is 5.10 Å². The molecule has 0 spiro atoms. The summed E-state index contributed by atoms with van der Waals surface area (Å²) in [6, 6.07) is 8.84. The molecule has 0 bridgehead atoms. The lowest BCUT2D eigenvalue weighted by molar-refractivity contribution is -0.144. The lowest BCUT2D eigenvalue weighted by atomic mass is 10.0. The summed E-state index contributed by atoms with van der Waals surface area (Å²) in [6.07, 6.45) is -2.82. The maximum absolute atomic E-state index is 12.6. The molecule has 2 heterocycles. The Balaban J connectivity index is 1.80. The van der Waals surface area contributed by atoms with Crippen LogP contribution in [-0.2, 0) is 6.18 Å². The average Bonchev–Trinajstić information content (AvgIpc) is 3.11. The second-order valence-electron chi connectivity index (χ2n) is 6.63. The smallest absolute Gasteiger partial charge is 0.451 e. The van der Waals surface area contributed by atoms with Crippen molar-refractivity contribution in [1.82, 2.24) is 20.2 Å². The molecule has 0 saturated carbocycles. The fourth-order valence-electron chi connectivity index (χ4n) is 2.48. The fourth-order valence-corrected chi connectivity index (χ4v) is 2.48. The van der Waals surface area contributed by atoms with E-state index in [1.54, 1.807) is 30.5 Å². The molecule has 1 N–H and O–H groups in total. The molecule has 0 unspecified atom stereocenters. The van der Waals surface area contributed by atoms with Gasteiger partial charge < -0.3 is 4.74 Å². The molecule has 3 aromatic rings. The Morgan fingerprint density at radius 1 is 1.11 bits per heavy atom. The number of pyridine rings is 1. The third-order valence-corrected chi connectivity index (χ3v) is 3.86. The maximum Gasteiger partial charge on any atom is 0.451 e. The molecule has 0 fully saturated rings. The zero-order valence-corrected chi connectivity index (χ0v) is 15.1. The van der Waals surface area contributed by atoms with E-state index in [2.05, 4.69) is 28.9 Å². The monoisotopic (exact) mass is 376 g/mol. The predicted molar refractivity (Wildman–Crippen MR) is 95.1 cm³/mol. The van der Waals surface area contributed by atoms with Gasteiger partial charge in [0.2, 0.25) is 11.7 Å². The summed E-state index contributed by atoms with van der Waals surface area (Å²) in [6.45, 7) is 6.68. The van der Waals surface area contributed by atoms with E-state index in [1.807, 2.05) is 18.1 Å². The summed E-state index contributed by atoms with van der Waals surface area (Å²) >= 11 is 0. The van der Waals surface area contributed by atoms with Gasteiger partial charge in [-0.15, -0.1) is 0 Å². The Morgan fingerprint density at radius 2 is 1.78 bits per heavy atom. The van der Waals surface area contributed by atoms with Crippen LogP contribution in [0.4, 0.5) is 13.2 Å². The lowest BCUT2D eigenvalue weighted by Gasteiger charge is -2.11. The molecule has 3 rings (SSSR count). The van der Waals surface area contributed by atoms with E-state index in [4.69, 9.17) is 4.74 Å². The van der Waals surface area contributed by atoms with Gasteiger partial charge in [0.25, 0.3) is 0 Å². The molecular formula is C19H19F3N4O. The summed E-state index contributed by atoms with van der Waals surface area (Å²) < 4.78 is 43.5.